The highest BCUT2D eigenvalue weighted by atomic mass is 32.2. The van der Waals surface area contributed by atoms with Crippen LogP contribution in [0.1, 0.15) is 24.1 Å². The molecule has 2 heteroatoms. The van der Waals surface area contributed by atoms with Gasteiger partial charge in [0.2, 0.25) is 0 Å². The van der Waals surface area contributed by atoms with Crippen molar-refractivity contribution in [2.24, 2.45) is 0 Å². The van der Waals surface area contributed by atoms with Crippen LogP contribution in [-0.4, -0.2) is 18.1 Å². The van der Waals surface area contributed by atoms with Crippen LogP contribution in [0.4, 0.5) is 0 Å². The van der Waals surface area contributed by atoms with E-state index in [-0.39, 0.29) is 6.04 Å². The van der Waals surface area contributed by atoms with Gasteiger partial charge in [0.1, 0.15) is 0 Å². The summed E-state index contributed by atoms with van der Waals surface area (Å²) in [6, 6.07) is 22.1. The van der Waals surface area contributed by atoms with Crippen LogP contribution in [0.25, 0.3) is 0 Å². The van der Waals surface area contributed by atoms with Crippen LogP contribution in [0.3, 0.4) is 0 Å². The molecule has 0 bridgehead atoms. The number of rotatable bonds is 6. The molecular formula is C17H21NS. The van der Waals surface area contributed by atoms with Crippen molar-refractivity contribution in [3.63, 3.8) is 0 Å². The van der Waals surface area contributed by atoms with E-state index < -0.39 is 0 Å². The van der Waals surface area contributed by atoms with Crippen LogP contribution in [0, 0.1) is 0 Å². The molecule has 100 valence electrons. The Balaban J connectivity index is 2.24. The lowest BCUT2D eigenvalue weighted by molar-refractivity contribution is 0.534. The molecule has 1 nitrogen and oxygen atoms in total. The molecule has 0 saturated heterocycles. The van der Waals surface area contributed by atoms with Crippen LogP contribution < -0.4 is 5.32 Å². The molecule has 2 aromatic rings. The van der Waals surface area contributed by atoms with Gasteiger partial charge in [-0.25, -0.2) is 0 Å². The van der Waals surface area contributed by atoms with E-state index in [0.717, 1.165) is 5.75 Å². The van der Waals surface area contributed by atoms with Crippen LogP contribution >= 0.6 is 11.8 Å². The maximum atomic E-state index is 3.73. The first-order chi connectivity index (χ1) is 9.31. The van der Waals surface area contributed by atoms with Crippen molar-refractivity contribution in [1.29, 1.82) is 0 Å². The molecule has 19 heavy (non-hydrogen) atoms. The Bertz CT molecular complexity index is 430. The van der Waals surface area contributed by atoms with Crippen molar-refractivity contribution >= 4 is 11.8 Å². The van der Waals surface area contributed by atoms with Gasteiger partial charge in [0.05, 0.1) is 6.04 Å². The Labute approximate surface area is 120 Å². The summed E-state index contributed by atoms with van der Waals surface area (Å²) in [5, 5.41) is 3.73. The molecule has 0 aromatic heterocycles. The highest BCUT2D eigenvalue weighted by molar-refractivity contribution is 7.98. The predicted octanol–water partition coefficient (Wildman–Crippen LogP) is 4.12. The largest absolute Gasteiger partial charge is 0.303 e. The standard InChI is InChI=1S/C17H21NS/c1-14(13-19-2)18-17(15-9-5-3-6-10-15)16-11-7-4-8-12-16/h3-12,14,17-18H,13H2,1-2H3. The molecule has 0 fully saturated rings. The van der Waals surface area contributed by atoms with Gasteiger partial charge < -0.3 is 5.32 Å². The topological polar surface area (TPSA) is 12.0 Å². The van der Waals surface area contributed by atoms with Gasteiger partial charge in [0.15, 0.2) is 0 Å². The maximum Gasteiger partial charge on any atom is 0.0579 e. The van der Waals surface area contributed by atoms with Gasteiger partial charge >= 0.3 is 0 Å². The second-order valence-electron chi connectivity index (χ2n) is 4.78. The first kappa shape index (κ1) is 14.2. The quantitative estimate of drug-likeness (QED) is 0.848. The minimum Gasteiger partial charge on any atom is -0.303 e. The Morgan fingerprint density at radius 3 is 1.79 bits per heavy atom. The lowest BCUT2D eigenvalue weighted by Gasteiger charge is -2.24. The van der Waals surface area contributed by atoms with Gasteiger partial charge in [-0.05, 0) is 24.3 Å². The summed E-state index contributed by atoms with van der Waals surface area (Å²) in [6.07, 6.45) is 2.15. The van der Waals surface area contributed by atoms with E-state index >= 15 is 0 Å². The molecule has 0 heterocycles. The molecule has 1 unspecified atom stereocenters. The van der Waals surface area contributed by atoms with Crippen LogP contribution in [0.5, 0.6) is 0 Å². The lowest BCUT2D eigenvalue weighted by Crippen LogP contribution is -2.32. The fourth-order valence-corrected chi connectivity index (χ4v) is 2.85. The van der Waals surface area contributed by atoms with E-state index in [4.69, 9.17) is 0 Å². The van der Waals surface area contributed by atoms with Crippen LogP contribution in [0.15, 0.2) is 60.7 Å². The lowest BCUT2D eigenvalue weighted by atomic mass is 9.98. The molecule has 0 saturated carbocycles. The van der Waals surface area contributed by atoms with Gasteiger partial charge in [-0.3, -0.25) is 0 Å². The Morgan fingerprint density at radius 1 is 0.895 bits per heavy atom. The van der Waals surface area contributed by atoms with E-state index in [1.54, 1.807) is 0 Å². The smallest absolute Gasteiger partial charge is 0.0579 e. The number of benzene rings is 2. The van der Waals surface area contributed by atoms with Crippen molar-refractivity contribution in [1.82, 2.24) is 5.32 Å². The average Bonchev–Trinajstić information content (AvgIpc) is 2.47. The summed E-state index contributed by atoms with van der Waals surface area (Å²) >= 11 is 1.88. The minimum absolute atomic E-state index is 0.268. The summed E-state index contributed by atoms with van der Waals surface area (Å²) in [5.74, 6) is 1.12. The van der Waals surface area contributed by atoms with Crippen molar-refractivity contribution in [2.45, 2.75) is 19.0 Å². The van der Waals surface area contributed by atoms with E-state index in [1.165, 1.54) is 11.1 Å². The predicted molar refractivity (Wildman–Crippen MR) is 85.7 cm³/mol. The first-order valence-corrected chi connectivity index (χ1v) is 8.05. The summed E-state index contributed by atoms with van der Waals surface area (Å²) in [5.41, 5.74) is 2.64. The normalized spacial score (nSPS) is 12.6. The number of hydrogen-bond acceptors (Lipinski definition) is 2. The second kappa shape index (κ2) is 7.37. The molecule has 0 aliphatic carbocycles. The van der Waals surface area contributed by atoms with Crippen molar-refractivity contribution in [2.75, 3.05) is 12.0 Å². The zero-order valence-electron chi connectivity index (χ0n) is 11.5. The third-order valence-electron chi connectivity index (χ3n) is 3.13. The summed E-state index contributed by atoms with van der Waals surface area (Å²) in [4.78, 5) is 0. The zero-order valence-corrected chi connectivity index (χ0v) is 12.4. The molecule has 0 aliphatic rings. The summed E-state index contributed by atoms with van der Waals surface area (Å²) in [7, 11) is 0. The molecule has 0 spiro atoms. The van der Waals surface area contributed by atoms with Crippen LogP contribution in [-0.2, 0) is 0 Å². The Kier molecular flexibility index (Phi) is 5.49. The molecule has 1 atom stereocenters. The van der Waals surface area contributed by atoms with E-state index in [2.05, 4.69) is 79.2 Å². The van der Waals surface area contributed by atoms with E-state index in [9.17, 15) is 0 Å². The highest BCUT2D eigenvalue weighted by Gasteiger charge is 2.15. The summed E-state index contributed by atoms with van der Waals surface area (Å²) < 4.78 is 0. The van der Waals surface area contributed by atoms with Crippen molar-refractivity contribution in [3.05, 3.63) is 71.8 Å². The van der Waals surface area contributed by atoms with E-state index in [1.807, 2.05) is 11.8 Å². The SMILES string of the molecule is CSCC(C)NC(c1ccccc1)c1ccccc1. The van der Waals surface area contributed by atoms with Gasteiger partial charge in [-0.15, -0.1) is 0 Å². The first-order valence-electron chi connectivity index (χ1n) is 6.66. The maximum absolute atomic E-state index is 3.73. The molecule has 0 amide bonds. The van der Waals surface area contributed by atoms with Crippen molar-refractivity contribution in [3.8, 4) is 0 Å². The molecule has 0 aliphatic heterocycles. The van der Waals surface area contributed by atoms with E-state index in [0.29, 0.717) is 6.04 Å². The number of nitrogens with one attached hydrogen (secondary N) is 1. The highest BCUT2D eigenvalue weighted by Crippen LogP contribution is 2.22. The molecule has 0 radical (unpaired) electrons. The minimum atomic E-state index is 0.268. The number of hydrogen-bond donors (Lipinski definition) is 1. The second-order valence-corrected chi connectivity index (χ2v) is 5.69. The fraction of sp³-hybridized carbons (Fsp3) is 0.294. The summed E-state index contributed by atoms with van der Waals surface area (Å²) in [6.45, 7) is 2.25. The molecular weight excluding hydrogens is 250 g/mol. The van der Waals surface area contributed by atoms with Crippen LogP contribution in [0.2, 0.25) is 0 Å². The average molecular weight is 271 g/mol. The number of thioether (sulfide) groups is 1. The van der Waals surface area contributed by atoms with Gasteiger partial charge in [-0.2, -0.15) is 11.8 Å². The third kappa shape index (κ3) is 4.12. The molecule has 1 N–H and O–H groups in total. The van der Waals surface area contributed by atoms with Crippen molar-refractivity contribution < 1.29 is 0 Å². The van der Waals surface area contributed by atoms with Gasteiger partial charge in [0.25, 0.3) is 0 Å². The van der Waals surface area contributed by atoms with Gasteiger partial charge in [-0.1, -0.05) is 60.7 Å². The Morgan fingerprint density at radius 2 is 1.37 bits per heavy atom. The fourth-order valence-electron chi connectivity index (χ4n) is 2.26. The monoisotopic (exact) mass is 271 g/mol. The molecule has 2 aromatic carbocycles. The molecule has 2 rings (SSSR count). The Hall–Kier alpha value is -1.25. The van der Waals surface area contributed by atoms with Gasteiger partial charge in [0, 0.05) is 11.8 Å². The third-order valence-corrected chi connectivity index (χ3v) is 3.97. The zero-order chi connectivity index (χ0) is 13.5.